The van der Waals surface area contributed by atoms with Crippen LogP contribution in [-0.2, 0) is 11.2 Å². The van der Waals surface area contributed by atoms with Crippen LogP contribution in [0.2, 0.25) is 0 Å². The second kappa shape index (κ2) is 7.97. The molecule has 1 amide bonds. The topological polar surface area (TPSA) is 95.0 Å². The molecule has 0 saturated heterocycles. The molecule has 8 heteroatoms. The monoisotopic (exact) mass is 421 g/mol. The third-order valence-electron chi connectivity index (χ3n) is 5.12. The van der Waals surface area contributed by atoms with Crippen LogP contribution in [0.15, 0.2) is 36.2 Å². The van der Waals surface area contributed by atoms with E-state index in [4.69, 9.17) is 0 Å². The molecule has 0 aliphatic rings. The Morgan fingerprint density at radius 2 is 2.07 bits per heavy atom. The SMILES string of the molecule is CCc1c(-c2cncc(C(O)C(=O)N(C)C)c2)cnc2[nH]cc(-c3csc(C)n3)c12. The number of aliphatic hydroxyl groups is 1. The minimum absolute atomic E-state index is 0.384. The second-order valence-corrected chi connectivity index (χ2v) is 8.39. The molecule has 0 aliphatic heterocycles. The zero-order chi connectivity index (χ0) is 21.4. The number of aryl methyl sites for hydroxylation is 2. The van der Waals surface area contributed by atoms with E-state index in [1.165, 1.54) is 11.1 Å². The van der Waals surface area contributed by atoms with Gasteiger partial charge in [-0.05, 0) is 25.0 Å². The van der Waals surface area contributed by atoms with E-state index >= 15 is 0 Å². The van der Waals surface area contributed by atoms with E-state index < -0.39 is 6.10 Å². The van der Waals surface area contributed by atoms with Crippen molar-refractivity contribution in [2.45, 2.75) is 26.4 Å². The highest BCUT2D eigenvalue weighted by Gasteiger charge is 2.21. The highest BCUT2D eigenvalue weighted by molar-refractivity contribution is 7.09. The first kappa shape index (κ1) is 20.2. The van der Waals surface area contributed by atoms with Crippen LogP contribution in [0.4, 0.5) is 0 Å². The Morgan fingerprint density at radius 3 is 2.73 bits per heavy atom. The van der Waals surface area contributed by atoms with Gasteiger partial charge in [0.1, 0.15) is 5.65 Å². The lowest BCUT2D eigenvalue weighted by atomic mass is 9.95. The second-order valence-electron chi connectivity index (χ2n) is 7.32. The maximum atomic E-state index is 12.2. The number of H-pyrrole nitrogens is 1. The van der Waals surface area contributed by atoms with Crippen molar-refractivity contribution < 1.29 is 9.90 Å². The molecule has 0 bridgehead atoms. The largest absolute Gasteiger partial charge is 0.378 e. The number of nitrogens with one attached hydrogen (secondary N) is 1. The smallest absolute Gasteiger partial charge is 0.255 e. The van der Waals surface area contributed by atoms with Crippen molar-refractivity contribution in [3.63, 3.8) is 0 Å². The summed E-state index contributed by atoms with van der Waals surface area (Å²) in [7, 11) is 3.23. The van der Waals surface area contributed by atoms with Gasteiger partial charge in [0.2, 0.25) is 0 Å². The number of rotatable bonds is 5. The summed E-state index contributed by atoms with van der Waals surface area (Å²) in [6.45, 7) is 4.09. The van der Waals surface area contributed by atoms with Gasteiger partial charge in [-0.25, -0.2) is 9.97 Å². The molecular weight excluding hydrogens is 398 g/mol. The number of pyridine rings is 2. The fraction of sp³-hybridized carbons (Fsp3) is 0.273. The van der Waals surface area contributed by atoms with Crippen LogP contribution >= 0.6 is 11.3 Å². The molecule has 4 rings (SSSR count). The number of aromatic nitrogens is 4. The Balaban J connectivity index is 1.86. The predicted molar refractivity (Wildman–Crippen MR) is 118 cm³/mol. The number of nitrogens with zero attached hydrogens (tertiary/aromatic N) is 4. The number of thiazole rings is 1. The average molecular weight is 422 g/mol. The molecular formula is C22H23N5O2S. The zero-order valence-electron chi connectivity index (χ0n) is 17.3. The molecule has 0 radical (unpaired) electrons. The van der Waals surface area contributed by atoms with E-state index in [9.17, 15) is 9.90 Å². The number of fused-ring (bicyclic) bond motifs is 1. The molecule has 1 atom stereocenters. The Labute approximate surface area is 178 Å². The molecule has 30 heavy (non-hydrogen) atoms. The van der Waals surface area contributed by atoms with E-state index in [1.54, 1.807) is 37.7 Å². The quantitative estimate of drug-likeness (QED) is 0.512. The van der Waals surface area contributed by atoms with E-state index in [-0.39, 0.29) is 5.91 Å². The van der Waals surface area contributed by atoms with Crippen molar-refractivity contribution in [3.8, 4) is 22.4 Å². The van der Waals surface area contributed by atoms with Gasteiger partial charge in [0.15, 0.2) is 6.10 Å². The van der Waals surface area contributed by atoms with Gasteiger partial charge in [-0.15, -0.1) is 11.3 Å². The fourth-order valence-corrected chi connectivity index (χ4v) is 4.22. The summed E-state index contributed by atoms with van der Waals surface area (Å²) in [6, 6.07) is 1.81. The van der Waals surface area contributed by atoms with Gasteiger partial charge in [0, 0.05) is 71.9 Å². The van der Waals surface area contributed by atoms with E-state index in [2.05, 4.69) is 32.2 Å². The molecule has 0 fully saturated rings. The van der Waals surface area contributed by atoms with Crippen LogP contribution in [0.25, 0.3) is 33.4 Å². The normalized spacial score (nSPS) is 12.3. The number of likely N-dealkylation sites (N-methyl/N-ethyl adjacent to an activating group) is 1. The first-order valence-electron chi connectivity index (χ1n) is 9.66. The van der Waals surface area contributed by atoms with Crippen LogP contribution in [0.5, 0.6) is 0 Å². The maximum absolute atomic E-state index is 12.2. The maximum Gasteiger partial charge on any atom is 0.255 e. The van der Waals surface area contributed by atoms with Crippen molar-refractivity contribution in [2.75, 3.05) is 14.1 Å². The molecule has 0 spiro atoms. The summed E-state index contributed by atoms with van der Waals surface area (Å²) in [6.07, 6.45) is 6.55. The average Bonchev–Trinajstić information content (AvgIpc) is 3.37. The first-order valence-corrected chi connectivity index (χ1v) is 10.5. The van der Waals surface area contributed by atoms with Gasteiger partial charge in [-0.2, -0.15) is 0 Å². The number of carbonyl (C=O) groups excluding carboxylic acids is 1. The standard InChI is InChI=1S/C22H23N5O2S/c1-5-15-16(13-6-14(8-23-7-13)20(28)22(29)27(3)4)9-24-21-19(15)17(10-25-21)18-11-30-12(2)26-18/h6-11,20,28H,5H2,1-4H3,(H,24,25). The molecule has 2 N–H and O–H groups in total. The molecule has 1 unspecified atom stereocenters. The molecule has 7 nitrogen and oxygen atoms in total. The molecule has 4 aromatic rings. The highest BCUT2D eigenvalue weighted by Crippen LogP contribution is 2.36. The van der Waals surface area contributed by atoms with Crippen LogP contribution < -0.4 is 0 Å². The van der Waals surface area contributed by atoms with E-state index in [0.29, 0.717) is 5.56 Å². The van der Waals surface area contributed by atoms with Gasteiger partial charge in [0.25, 0.3) is 5.91 Å². The minimum Gasteiger partial charge on any atom is -0.378 e. The van der Waals surface area contributed by atoms with Crippen LogP contribution in [0.3, 0.4) is 0 Å². The van der Waals surface area contributed by atoms with Gasteiger partial charge < -0.3 is 15.0 Å². The molecule has 0 aliphatic carbocycles. The van der Waals surface area contributed by atoms with Crippen molar-refractivity contribution in [2.24, 2.45) is 0 Å². The van der Waals surface area contributed by atoms with Crippen molar-refractivity contribution in [3.05, 3.63) is 52.4 Å². The van der Waals surface area contributed by atoms with Crippen molar-refractivity contribution in [1.29, 1.82) is 0 Å². The Kier molecular flexibility index (Phi) is 5.36. The summed E-state index contributed by atoms with van der Waals surface area (Å²) in [5.41, 5.74) is 6.07. The summed E-state index contributed by atoms with van der Waals surface area (Å²) < 4.78 is 0. The minimum atomic E-state index is -1.25. The number of aromatic amines is 1. The molecule has 4 heterocycles. The first-order chi connectivity index (χ1) is 14.4. The number of aliphatic hydroxyl groups excluding tert-OH is 1. The lowest BCUT2D eigenvalue weighted by molar-refractivity contribution is -0.137. The van der Waals surface area contributed by atoms with E-state index in [0.717, 1.165) is 50.4 Å². The molecule has 0 aromatic carbocycles. The van der Waals surface area contributed by atoms with Gasteiger partial charge in [-0.3, -0.25) is 9.78 Å². The van der Waals surface area contributed by atoms with Crippen molar-refractivity contribution in [1.82, 2.24) is 24.8 Å². The predicted octanol–water partition coefficient (Wildman–Crippen LogP) is 3.74. The van der Waals surface area contributed by atoms with Crippen LogP contribution in [-0.4, -0.2) is 49.9 Å². The fourth-order valence-electron chi connectivity index (χ4n) is 3.61. The lowest BCUT2D eigenvalue weighted by Gasteiger charge is -2.17. The summed E-state index contributed by atoms with van der Waals surface area (Å²) in [4.78, 5) is 30.3. The van der Waals surface area contributed by atoms with Crippen molar-refractivity contribution >= 4 is 28.3 Å². The molecule has 0 saturated carbocycles. The Hall–Kier alpha value is -3.10. The number of amides is 1. The lowest BCUT2D eigenvalue weighted by Crippen LogP contribution is -2.28. The van der Waals surface area contributed by atoms with Gasteiger partial charge in [0.05, 0.1) is 10.7 Å². The summed E-state index contributed by atoms with van der Waals surface area (Å²) >= 11 is 1.62. The van der Waals surface area contributed by atoms with E-state index in [1.807, 2.05) is 19.3 Å². The van der Waals surface area contributed by atoms with Crippen LogP contribution in [0.1, 0.15) is 29.2 Å². The summed E-state index contributed by atoms with van der Waals surface area (Å²) in [5, 5.41) is 14.5. The molecule has 4 aromatic heterocycles. The Bertz CT molecular complexity index is 1230. The number of carbonyl (C=O) groups is 1. The zero-order valence-corrected chi connectivity index (χ0v) is 18.1. The molecule has 154 valence electrons. The van der Waals surface area contributed by atoms with Gasteiger partial charge in [-0.1, -0.05) is 6.92 Å². The third-order valence-corrected chi connectivity index (χ3v) is 5.89. The summed E-state index contributed by atoms with van der Waals surface area (Å²) in [5.74, 6) is -0.384. The van der Waals surface area contributed by atoms with Crippen LogP contribution in [0, 0.1) is 6.92 Å². The number of hydrogen-bond donors (Lipinski definition) is 2. The Morgan fingerprint density at radius 1 is 1.27 bits per heavy atom. The van der Waals surface area contributed by atoms with Gasteiger partial charge >= 0.3 is 0 Å². The third kappa shape index (κ3) is 3.48. The highest BCUT2D eigenvalue weighted by atomic mass is 32.1. The number of hydrogen-bond acceptors (Lipinski definition) is 6.